The molecule has 3 unspecified atom stereocenters. The van der Waals surface area contributed by atoms with Crippen LogP contribution in [0.15, 0.2) is 12.1 Å². The third kappa shape index (κ3) is 3.83. The largest absolute Gasteiger partial charge is 0.493 e. The van der Waals surface area contributed by atoms with Crippen molar-refractivity contribution >= 4 is 5.97 Å². The van der Waals surface area contributed by atoms with Gasteiger partial charge in [-0.25, -0.2) is 0 Å². The van der Waals surface area contributed by atoms with Crippen LogP contribution in [0.3, 0.4) is 0 Å². The first-order valence-electron chi connectivity index (χ1n) is 9.59. The van der Waals surface area contributed by atoms with Crippen LogP contribution in [0.2, 0.25) is 0 Å². The Kier molecular flexibility index (Phi) is 5.76. The average molecular weight is 361 g/mol. The van der Waals surface area contributed by atoms with E-state index in [2.05, 4.69) is 30.9 Å². The maximum atomic E-state index is 11.7. The van der Waals surface area contributed by atoms with Gasteiger partial charge in [-0.3, -0.25) is 9.69 Å². The summed E-state index contributed by atoms with van der Waals surface area (Å²) in [7, 11) is 3.35. The highest BCUT2D eigenvalue weighted by atomic mass is 16.5. The molecular weight excluding hydrogens is 330 g/mol. The zero-order valence-corrected chi connectivity index (χ0v) is 16.6. The number of rotatable bonds is 5. The van der Waals surface area contributed by atoms with E-state index in [-0.39, 0.29) is 18.1 Å². The molecule has 3 atom stereocenters. The molecule has 5 nitrogen and oxygen atoms in total. The second-order valence-electron chi connectivity index (χ2n) is 7.94. The van der Waals surface area contributed by atoms with Gasteiger partial charge >= 0.3 is 5.97 Å². The monoisotopic (exact) mass is 361 g/mol. The van der Waals surface area contributed by atoms with Crippen LogP contribution in [0.1, 0.15) is 50.8 Å². The Morgan fingerprint density at radius 1 is 1.23 bits per heavy atom. The van der Waals surface area contributed by atoms with Gasteiger partial charge in [0.2, 0.25) is 0 Å². The molecule has 0 aromatic heterocycles. The summed E-state index contributed by atoms with van der Waals surface area (Å²) in [5, 5.41) is 0. The first-order valence-corrected chi connectivity index (χ1v) is 9.59. The van der Waals surface area contributed by atoms with Crippen molar-refractivity contribution in [2.75, 3.05) is 27.3 Å². The van der Waals surface area contributed by atoms with Crippen LogP contribution in [0, 0.1) is 11.8 Å². The Labute approximate surface area is 156 Å². The Balaban J connectivity index is 1.91. The summed E-state index contributed by atoms with van der Waals surface area (Å²) in [5.74, 6) is 2.36. The number of methoxy groups -OCH3 is 2. The van der Waals surface area contributed by atoms with E-state index in [0.29, 0.717) is 11.8 Å². The number of benzene rings is 1. The van der Waals surface area contributed by atoms with Gasteiger partial charge in [-0.05, 0) is 42.0 Å². The van der Waals surface area contributed by atoms with Crippen molar-refractivity contribution in [3.8, 4) is 11.5 Å². The maximum absolute atomic E-state index is 11.7. The van der Waals surface area contributed by atoms with Crippen molar-refractivity contribution in [1.82, 2.24) is 4.90 Å². The number of piperidine rings is 1. The summed E-state index contributed by atoms with van der Waals surface area (Å²) in [5.41, 5.74) is 2.60. The predicted octanol–water partition coefficient (Wildman–Crippen LogP) is 3.60. The molecule has 0 aliphatic carbocycles. The average Bonchev–Trinajstić information content (AvgIpc) is 2.60. The van der Waals surface area contributed by atoms with E-state index in [4.69, 9.17) is 14.2 Å². The molecule has 0 N–H and O–H groups in total. The molecule has 5 heteroatoms. The molecular formula is C21H31NO4. The number of ether oxygens (including phenoxy) is 3. The summed E-state index contributed by atoms with van der Waals surface area (Å²) in [6, 6.07) is 4.48. The fourth-order valence-corrected chi connectivity index (χ4v) is 4.60. The first-order chi connectivity index (χ1) is 12.4. The quantitative estimate of drug-likeness (QED) is 0.750. The van der Waals surface area contributed by atoms with Gasteiger partial charge in [0.15, 0.2) is 11.5 Å². The SMILES string of the molecule is COc1cc2c(cc1OC)C1CC(OC(C)=O)C(CC(C)C)CN1CC2. The van der Waals surface area contributed by atoms with Crippen LogP contribution in [0.25, 0.3) is 0 Å². The highest BCUT2D eigenvalue weighted by molar-refractivity contribution is 5.66. The molecule has 0 spiro atoms. The number of carbonyl (C=O) groups is 1. The van der Waals surface area contributed by atoms with Crippen molar-refractivity contribution in [3.63, 3.8) is 0 Å². The summed E-state index contributed by atoms with van der Waals surface area (Å²) in [4.78, 5) is 14.2. The molecule has 1 aromatic rings. The number of fused-ring (bicyclic) bond motifs is 3. The molecule has 1 saturated heterocycles. The lowest BCUT2D eigenvalue weighted by molar-refractivity contribution is -0.154. The van der Waals surface area contributed by atoms with Gasteiger partial charge in [-0.15, -0.1) is 0 Å². The van der Waals surface area contributed by atoms with Crippen molar-refractivity contribution < 1.29 is 19.0 Å². The Bertz CT molecular complexity index is 658. The number of hydrogen-bond donors (Lipinski definition) is 0. The zero-order chi connectivity index (χ0) is 18.8. The third-order valence-electron chi connectivity index (χ3n) is 5.66. The van der Waals surface area contributed by atoms with E-state index in [1.165, 1.54) is 18.1 Å². The molecule has 0 amide bonds. The number of carbonyl (C=O) groups excluding carboxylic acids is 1. The third-order valence-corrected chi connectivity index (χ3v) is 5.66. The lowest BCUT2D eigenvalue weighted by Crippen LogP contribution is -2.49. The van der Waals surface area contributed by atoms with Crippen molar-refractivity contribution in [2.24, 2.45) is 11.8 Å². The van der Waals surface area contributed by atoms with Crippen LogP contribution in [-0.2, 0) is 16.0 Å². The predicted molar refractivity (Wildman–Crippen MR) is 101 cm³/mol. The zero-order valence-electron chi connectivity index (χ0n) is 16.6. The van der Waals surface area contributed by atoms with Crippen LogP contribution in [0.4, 0.5) is 0 Å². The van der Waals surface area contributed by atoms with E-state index in [1.807, 2.05) is 0 Å². The standard InChI is InChI=1S/C21H31NO4/c1-13(2)8-16-12-22-7-6-15-9-20(24-4)21(25-5)10-17(15)18(22)11-19(16)26-14(3)23/h9-10,13,16,18-19H,6-8,11-12H2,1-5H3. The summed E-state index contributed by atoms with van der Waals surface area (Å²) < 4.78 is 16.7. The van der Waals surface area contributed by atoms with E-state index in [9.17, 15) is 4.79 Å². The smallest absolute Gasteiger partial charge is 0.302 e. The summed E-state index contributed by atoms with van der Waals surface area (Å²) >= 11 is 0. The lowest BCUT2D eigenvalue weighted by atomic mass is 9.79. The van der Waals surface area contributed by atoms with E-state index < -0.39 is 0 Å². The second kappa shape index (κ2) is 7.87. The van der Waals surface area contributed by atoms with Crippen LogP contribution in [-0.4, -0.2) is 44.3 Å². The molecule has 1 aromatic carbocycles. The highest BCUT2D eigenvalue weighted by Gasteiger charge is 2.40. The molecule has 2 heterocycles. The molecule has 0 bridgehead atoms. The van der Waals surface area contributed by atoms with Gasteiger partial charge in [0.1, 0.15) is 6.10 Å². The maximum Gasteiger partial charge on any atom is 0.302 e. The van der Waals surface area contributed by atoms with E-state index >= 15 is 0 Å². The second-order valence-corrected chi connectivity index (χ2v) is 7.94. The van der Waals surface area contributed by atoms with E-state index in [0.717, 1.165) is 43.9 Å². The lowest BCUT2D eigenvalue weighted by Gasteiger charge is -2.47. The summed E-state index contributed by atoms with van der Waals surface area (Å²) in [6.45, 7) is 8.00. The minimum Gasteiger partial charge on any atom is -0.493 e. The van der Waals surface area contributed by atoms with Gasteiger partial charge in [0.25, 0.3) is 0 Å². The van der Waals surface area contributed by atoms with Crippen molar-refractivity contribution in [3.05, 3.63) is 23.3 Å². The van der Waals surface area contributed by atoms with Gasteiger partial charge in [0, 0.05) is 38.4 Å². The molecule has 0 radical (unpaired) electrons. The Hall–Kier alpha value is -1.75. The van der Waals surface area contributed by atoms with Crippen molar-refractivity contribution in [2.45, 2.75) is 52.2 Å². The topological polar surface area (TPSA) is 48.0 Å². The first kappa shape index (κ1) is 19.0. The Morgan fingerprint density at radius 3 is 2.54 bits per heavy atom. The fraction of sp³-hybridized carbons (Fsp3) is 0.667. The minimum absolute atomic E-state index is 0.0183. The number of nitrogens with zero attached hydrogens (tertiary/aromatic N) is 1. The van der Waals surface area contributed by atoms with Crippen molar-refractivity contribution in [1.29, 1.82) is 0 Å². The normalized spacial score (nSPS) is 25.4. The molecule has 26 heavy (non-hydrogen) atoms. The van der Waals surface area contributed by atoms with Gasteiger partial charge in [-0.2, -0.15) is 0 Å². The Morgan fingerprint density at radius 2 is 1.92 bits per heavy atom. The van der Waals surface area contributed by atoms with Gasteiger partial charge < -0.3 is 14.2 Å². The molecule has 1 fully saturated rings. The molecule has 2 aliphatic heterocycles. The van der Waals surface area contributed by atoms with Gasteiger partial charge in [0.05, 0.1) is 14.2 Å². The fourth-order valence-electron chi connectivity index (χ4n) is 4.60. The van der Waals surface area contributed by atoms with E-state index in [1.54, 1.807) is 14.2 Å². The number of esters is 1. The summed E-state index contributed by atoms with van der Waals surface area (Å²) in [6.07, 6.45) is 2.92. The van der Waals surface area contributed by atoms with Crippen LogP contribution >= 0.6 is 0 Å². The molecule has 144 valence electrons. The molecule has 0 saturated carbocycles. The number of hydrogen-bond acceptors (Lipinski definition) is 5. The minimum atomic E-state index is -0.180. The van der Waals surface area contributed by atoms with Crippen LogP contribution in [0.5, 0.6) is 11.5 Å². The van der Waals surface area contributed by atoms with Crippen LogP contribution < -0.4 is 9.47 Å². The molecule has 2 aliphatic rings. The highest BCUT2D eigenvalue weighted by Crippen LogP contribution is 2.44. The van der Waals surface area contributed by atoms with Gasteiger partial charge in [-0.1, -0.05) is 13.8 Å². The molecule has 3 rings (SSSR count).